The van der Waals surface area contributed by atoms with Gasteiger partial charge in [-0.3, -0.25) is 0 Å². The highest BCUT2D eigenvalue weighted by atomic mass is 32.1. The molecule has 3 heteroatoms. The largest absolute Gasteiger partial charge is 0.412 e. The Morgan fingerprint density at radius 1 is 0.778 bits per heavy atom. The van der Waals surface area contributed by atoms with Crippen LogP contribution in [0.1, 0.15) is 0 Å². The Labute approximate surface area is 65.2 Å². The lowest BCUT2D eigenvalue weighted by atomic mass is 10.4. The number of rotatable bonds is 0. The molecule has 0 aliphatic heterocycles. The Kier molecular flexibility index (Phi) is 3.77. The summed E-state index contributed by atoms with van der Waals surface area (Å²) in [4.78, 5) is 1.95. The van der Waals surface area contributed by atoms with E-state index in [4.69, 9.17) is 0 Å². The van der Waals surface area contributed by atoms with E-state index in [1.165, 1.54) is 0 Å². The maximum atomic E-state index is 4.10. The third-order valence-electron chi connectivity index (χ3n) is 0.850. The summed E-state index contributed by atoms with van der Waals surface area (Å²) in [6.07, 6.45) is 0. The van der Waals surface area contributed by atoms with Gasteiger partial charge in [0.25, 0.3) is 0 Å². The zero-order valence-corrected chi connectivity index (χ0v) is 6.49. The van der Waals surface area contributed by atoms with Gasteiger partial charge in [-0.15, -0.1) is 25.3 Å². The lowest BCUT2D eigenvalue weighted by Gasteiger charge is -1.88. The topological polar surface area (TPSA) is 31.5 Å². The third kappa shape index (κ3) is 2.79. The summed E-state index contributed by atoms with van der Waals surface area (Å²) in [5.74, 6) is 0. The van der Waals surface area contributed by atoms with Gasteiger partial charge >= 0.3 is 0 Å². The minimum atomic E-state index is 0. The maximum Gasteiger partial charge on any atom is 0.00407 e. The summed E-state index contributed by atoms with van der Waals surface area (Å²) in [6, 6.07) is 7.63. The quantitative estimate of drug-likeness (QED) is 0.538. The molecule has 0 amide bonds. The van der Waals surface area contributed by atoms with Crippen LogP contribution in [0.25, 0.3) is 0 Å². The zero-order chi connectivity index (χ0) is 5.98. The molecule has 1 rings (SSSR count). The van der Waals surface area contributed by atoms with Crippen molar-refractivity contribution in [3.05, 3.63) is 24.3 Å². The van der Waals surface area contributed by atoms with Crippen molar-refractivity contribution in [2.75, 3.05) is 0 Å². The van der Waals surface area contributed by atoms with E-state index in [0.29, 0.717) is 0 Å². The number of benzene rings is 1. The highest BCUT2D eigenvalue weighted by molar-refractivity contribution is 7.80. The van der Waals surface area contributed by atoms with Crippen molar-refractivity contribution < 1.29 is 5.48 Å². The van der Waals surface area contributed by atoms with Crippen molar-refractivity contribution in [3.8, 4) is 0 Å². The van der Waals surface area contributed by atoms with Gasteiger partial charge in [0.05, 0.1) is 0 Å². The van der Waals surface area contributed by atoms with Gasteiger partial charge in [0, 0.05) is 9.79 Å². The molecule has 9 heavy (non-hydrogen) atoms. The van der Waals surface area contributed by atoms with Crippen LogP contribution in [0.4, 0.5) is 0 Å². The number of hydrogen-bond donors (Lipinski definition) is 2. The molecule has 0 unspecified atom stereocenters. The van der Waals surface area contributed by atoms with Gasteiger partial charge in [-0.25, -0.2) is 0 Å². The van der Waals surface area contributed by atoms with Crippen molar-refractivity contribution >= 4 is 25.3 Å². The molecule has 0 fully saturated rings. The SMILES string of the molecule is O.Sc1ccc(S)cc1. The molecule has 0 aromatic heterocycles. The molecule has 0 saturated heterocycles. The molecule has 0 radical (unpaired) electrons. The third-order valence-corrected chi connectivity index (χ3v) is 1.45. The van der Waals surface area contributed by atoms with E-state index >= 15 is 0 Å². The molecule has 0 bridgehead atoms. The van der Waals surface area contributed by atoms with Crippen LogP contribution in [0.3, 0.4) is 0 Å². The summed E-state index contributed by atoms with van der Waals surface area (Å²) in [7, 11) is 0. The highest BCUT2D eigenvalue weighted by Gasteiger charge is 1.81. The van der Waals surface area contributed by atoms with E-state index in [1.54, 1.807) is 0 Å². The molecule has 1 aromatic rings. The van der Waals surface area contributed by atoms with Crippen LogP contribution >= 0.6 is 25.3 Å². The molecule has 0 spiro atoms. The summed E-state index contributed by atoms with van der Waals surface area (Å²) >= 11 is 8.20. The van der Waals surface area contributed by atoms with Crippen LogP contribution in [0.2, 0.25) is 0 Å². The molecular formula is C6H8OS2. The first-order chi connectivity index (χ1) is 3.79. The first kappa shape index (κ1) is 8.88. The van der Waals surface area contributed by atoms with Crippen LogP contribution in [0.5, 0.6) is 0 Å². The highest BCUT2D eigenvalue weighted by Crippen LogP contribution is 2.09. The van der Waals surface area contributed by atoms with Gasteiger partial charge in [-0.1, -0.05) is 0 Å². The van der Waals surface area contributed by atoms with Crippen molar-refractivity contribution in [3.63, 3.8) is 0 Å². The van der Waals surface area contributed by atoms with Crippen LogP contribution in [0, 0.1) is 0 Å². The second kappa shape index (κ2) is 3.82. The van der Waals surface area contributed by atoms with Gasteiger partial charge in [0.15, 0.2) is 0 Å². The molecule has 2 N–H and O–H groups in total. The predicted molar refractivity (Wildman–Crippen MR) is 44.6 cm³/mol. The van der Waals surface area contributed by atoms with Gasteiger partial charge in [-0.2, -0.15) is 0 Å². The van der Waals surface area contributed by atoms with E-state index in [9.17, 15) is 0 Å². The van der Waals surface area contributed by atoms with E-state index < -0.39 is 0 Å². The van der Waals surface area contributed by atoms with Gasteiger partial charge in [-0.05, 0) is 24.3 Å². The molecule has 0 heterocycles. The zero-order valence-electron chi connectivity index (χ0n) is 4.70. The van der Waals surface area contributed by atoms with Crippen molar-refractivity contribution in [1.29, 1.82) is 0 Å². The minimum absolute atomic E-state index is 0. The first-order valence-electron chi connectivity index (χ1n) is 2.27. The average molecular weight is 160 g/mol. The first-order valence-corrected chi connectivity index (χ1v) is 3.16. The molecule has 1 aromatic carbocycles. The fourth-order valence-electron chi connectivity index (χ4n) is 0.453. The standard InChI is InChI=1S/C6H6S2.H2O/c7-5-1-2-6(8)4-3-5;/h1-4,7-8H;1H2. The Hall–Kier alpha value is -0.120. The van der Waals surface area contributed by atoms with Crippen LogP contribution in [-0.4, -0.2) is 5.48 Å². The van der Waals surface area contributed by atoms with E-state index in [0.717, 1.165) is 9.79 Å². The molecule has 0 aliphatic carbocycles. The Bertz CT molecular complexity index is 150. The smallest absolute Gasteiger partial charge is 0.00407 e. The fourth-order valence-corrected chi connectivity index (χ4v) is 0.751. The van der Waals surface area contributed by atoms with Crippen molar-refractivity contribution in [1.82, 2.24) is 0 Å². The summed E-state index contributed by atoms with van der Waals surface area (Å²) in [5, 5.41) is 0. The molecule has 1 nitrogen and oxygen atoms in total. The molecular weight excluding hydrogens is 152 g/mol. The van der Waals surface area contributed by atoms with E-state index in [2.05, 4.69) is 25.3 Å². The van der Waals surface area contributed by atoms with Crippen molar-refractivity contribution in [2.45, 2.75) is 9.79 Å². The number of hydrogen-bond acceptors (Lipinski definition) is 2. The van der Waals surface area contributed by atoms with Crippen LogP contribution in [0.15, 0.2) is 34.1 Å². The molecule has 50 valence electrons. The monoisotopic (exact) mass is 160 g/mol. The van der Waals surface area contributed by atoms with E-state index in [-0.39, 0.29) is 5.48 Å². The van der Waals surface area contributed by atoms with E-state index in [1.807, 2.05) is 24.3 Å². The summed E-state index contributed by atoms with van der Waals surface area (Å²) in [6.45, 7) is 0. The van der Waals surface area contributed by atoms with Gasteiger partial charge < -0.3 is 5.48 Å². The fraction of sp³-hybridized carbons (Fsp3) is 0. The Morgan fingerprint density at radius 3 is 1.22 bits per heavy atom. The predicted octanol–water partition coefficient (Wildman–Crippen LogP) is 1.44. The second-order valence-electron chi connectivity index (χ2n) is 1.52. The van der Waals surface area contributed by atoms with Crippen LogP contribution in [-0.2, 0) is 0 Å². The molecule has 0 aliphatic rings. The normalized spacial score (nSPS) is 8.22. The van der Waals surface area contributed by atoms with Crippen LogP contribution < -0.4 is 0 Å². The Balaban J connectivity index is 0.000000640. The minimum Gasteiger partial charge on any atom is -0.412 e. The Morgan fingerprint density at radius 2 is 1.00 bits per heavy atom. The van der Waals surface area contributed by atoms with Gasteiger partial charge in [0.1, 0.15) is 0 Å². The molecule has 0 saturated carbocycles. The lowest BCUT2D eigenvalue weighted by molar-refractivity contribution is 0.824. The lowest BCUT2D eigenvalue weighted by Crippen LogP contribution is -1.63. The molecule has 0 atom stereocenters. The summed E-state index contributed by atoms with van der Waals surface area (Å²) in [5.41, 5.74) is 0. The van der Waals surface area contributed by atoms with Gasteiger partial charge in [0.2, 0.25) is 0 Å². The average Bonchev–Trinajstić information content (AvgIpc) is 1.77. The number of thiol groups is 2. The summed E-state index contributed by atoms with van der Waals surface area (Å²) < 4.78 is 0. The second-order valence-corrected chi connectivity index (χ2v) is 2.55. The van der Waals surface area contributed by atoms with Crippen molar-refractivity contribution in [2.24, 2.45) is 0 Å². The maximum absolute atomic E-state index is 4.10.